The lowest BCUT2D eigenvalue weighted by Crippen LogP contribution is -2.51. The normalized spacial score (nSPS) is 31.2. The predicted molar refractivity (Wildman–Crippen MR) is 73.5 cm³/mol. The molecule has 0 bridgehead atoms. The molecule has 1 amide bonds. The Bertz CT molecular complexity index is 276. The summed E-state index contributed by atoms with van der Waals surface area (Å²) >= 11 is 0. The average molecular weight is 253 g/mol. The van der Waals surface area contributed by atoms with E-state index < -0.39 is 0 Å². The average Bonchev–Trinajstić information content (AvgIpc) is 2.89. The van der Waals surface area contributed by atoms with Gasteiger partial charge in [-0.1, -0.05) is 6.92 Å². The molecule has 0 aromatic carbocycles. The number of rotatable bonds is 4. The van der Waals surface area contributed by atoms with Gasteiger partial charge < -0.3 is 10.6 Å². The van der Waals surface area contributed by atoms with Crippen molar-refractivity contribution in [3.05, 3.63) is 0 Å². The third kappa shape index (κ3) is 3.69. The first-order chi connectivity index (χ1) is 8.66. The van der Waals surface area contributed by atoms with Gasteiger partial charge in [0.2, 0.25) is 5.91 Å². The van der Waals surface area contributed by atoms with Crippen molar-refractivity contribution in [2.45, 2.75) is 51.6 Å². The second-order valence-corrected chi connectivity index (χ2v) is 5.97. The molecule has 2 fully saturated rings. The van der Waals surface area contributed by atoms with Gasteiger partial charge in [0.25, 0.3) is 0 Å². The van der Waals surface area contributed by atoms with E-state index in [1.807, 2.05) is 0 Å². The molecule has 0 aromatic rings. The van der Waals surface area contributed by atoms with Crippen LogP contribution in [0.3, 0.4) is 0 Å². The summed E-state index contributed by atoms with van der Waals surface area (Å²) in [4.78, 5) is 14.5. The molecule has 2 aliphatic heterocycles. The monoisotopic (exact) mass is 253 g/mol. The zero-order chi connectivity index (χ0) is 13.0. The maximum atomic E-state index is 12.1. The molecule has 0 aliphatic carbocycles. The van der Waals surface area contributed by atoms with E-state index in [2.05, 4.69) is 29.4 Å². The van der Waals surface area contributed by atoms with Crippen LogP contribution >= 0.6 is 0 Å². The Labute approximate surface area is 110 Å². The molecule has 0 radical (unpaired) electrons. The maximum absolute atomic E-state index is 12.1. The highest BCUT2D eigenvalue weighted by Crippen LogP contribution is 2.15. The number of hydrogen-bond acceptors (Lipinski definition) is 3. The standard InChI is InChI=1S/C14H27N3O/c1-11-5-6-15-13(9-11)14(18)16-10-12(2)17-7-3-4-8-17/h11-13,15H,3-10H2,1-2H3,(H,16,18). The van der Waals surface area contributed by atoms with Gasteiger partial charge in [-0.15, -0.1) is 0 Å². The van der Waals surface area contributed by atoms with Crippen molar-refractivity contribution < 1.29 is 4.79 Å². The molecular formula is C14H27N3O. The van der Waals surface area contributed by atoms with Crippen molar-refractivity contribution in [2.24, 2.45) is 5.92 Å². The molecule has 4 nitrogen and oxygen atoms in total. The Morgan fingerprint density at radius 1 is 1.44 bits per heavy atom. The molecule has 0 aromatic heterocycles. The molecule has 2 heterocycles. The summed E-state index contributed by atoms with van der Waals surface area (Å²) in [5, 5.41) is 6.42. The van der Waals surface area contributed by atoms with Crippen LogP contribution in [-0.4, -0.2) is 49.1 Å². The second kappa shape index (κ2) is 6.53. The third-order valence-electron chi connectivity index (χ3n) is 4.32. The van der Waals surface area contributed by atoms with E-state index in [4.69, 9.17) is 0 Å². The number of amides is 1. The first kappa shape index (κ1) is 13.8. The van der Waals surface area contributed by atoms with Gasteiger partial charge in [-0.25, -0.2) is 0 Å². The van der Waals surface area contributed by atoms with Crippen molar-refractivity contribution >= 4 is 5.91 Å². The van der Waals surface area contributed by atoms with Crippen LogP contribution in [0.1, 0.15) is 39.5 Å². The molecule has 2 aliphatic rings. The van der Waals surface area contributed by atoms with Gasteiger partial charge in [0.1, 0.15) is 0 Å². The highest BCUT2D eigenvalue weighted by molar-refractivity contribution is 5.81. The summed E-state index contributed by atoms with van der Waals surface area (Å²) in [6.45, 7) is 8.58. The number of piperidine rings is 1. The summed E-state index contributed by atoms with van der Waals surface area (Å²) in [5.74, 6) is 0.852. The second-order valence-electron chi connectivity index (χ2n) is 5.97. The first-order valence-corrected chi connectivity index (χ1v) is 7.42. The molecule has 18 heavy (non-hydrogen) atoms. The summed E-state index contributed by atoms with van der Waals surface area (Å²) < 4.78 is 0. The topological polar surface area (TPSA) is 44.4 Å². The highest BCUT2D eigenvalue weighted by atomic mass is 16.2. The lowest BCUT2D eigenvalue weighted by atomic mass is 9.94. The number of carbonyl (C=O) groups is 1. The Kier molecular flexibility index (Phi) is 5.01. The van der Waals surface area contributed by atoms with E-state index in [9.17, 15) is 4.79 Å². The molecule has 104 valence electrons. The summed E-state index contributed by atoms with van der Waals surface area (Å²) in [6, 6.07) is 0.497. The highest BCUT2D eigenvalue weighted by Gasteiger charge is 2.25. The molecule has 3 atom stereocenters. The van der Waals surface area contributed by atoms with Crippen molar-refractivity contribution in [1.82, 2.24) is 15.5 Å². The van der Waals surface area contributed by atoms with Crippen LogP contribution in [0.25, 0.3) is 0 Å². The Morgan fingerprint density at radius 2 is 2.17 bits per heavy atom. The van der Waals surface area contributed by atoms with Crippen molar-refractivity contribution in [2.75, 3.05) is 26.2 Å². The minimum atomic E-state index is 0.0273. The molecule has 2 saturated heterocycles. The lowest BCUT2D eigenvalue weighted by molar-refractivity contribution is -0.124. The van der Waals surface area contributed by atoms with Crippen LogP contribution in [0.2, 0.25) is 0 Å². The van der Waals surface area contributed by atoms with E-state index in [1.165, 1.54) is 32.4 Å². The number of hydrogen-bond donors (Lipinski definition) is 2. The van der Waals surface area contributed by atoms with E-state index in [0.29, 0.717) is 12.0 Å². The van der Waals surface area contributed by atoms with Gasteiger partial charge in [-0.05, 0) is 58.2 Å². The number of likely N-dealkylation sites (tertiary alicyclic amines) is 1. The fourth-order valence-electron chi connectivity index (χ4n) is 2.99. The van der Waals surface area contributed by atoms with Gasteiger partial charge in [0.15, 0.2) is 0 Å². The third-order valence-corrected chi connectivity index (χ3v) is 4.32. The van der Waals surface area contributed by atoms with Gasteiger partial charge in [0, 0.05) is 12.6 Å². The van der Waals surface area contributed by atoms with Gasteiger partial charge in [0.05, 0.1) is 6.04 Å². The van der Waals surface area contributed by atoms with Crippen LogP contribution in [-0.2, 0) is 4.79 Å². The summed E-state index contributed by atoms with van der Waals surface area (Å²) in [7, 11) is 0. The van der Waals surface area contributed by atoms with Crippen molar-refractivity contribution in [3.63, 3.8) is 0 Å². The molecule has 3 unspecified atom stereocenters. The van der Waals surface area contributed by atoms with Crippen LogP contribution < -0.4 is 10.6 Å². The van der Waals surface area contributed by atoms with Crippen LogP contribution in [0.15, 0.2) is 0 Å². The molecule has 4 heteroatoms. The minimum absolute atomic E-state index is 0.0273. The fraction of sp³-hybridized carbons (Fsp3) is 0.929. The van der Waals surface area contributed by atoms with Crippen LogP contribution in [0.4, 0.5) is 0 Å². The van der Waals surface area contributed by atoms with Gasteiger partial charge in [-0.2, -0.15) is 0 Å². The molecule has 0 saturated carbocycles. The summed E-state index contributed by atoms with van der Waals surface area (Å²) in [6.07, 6.45) is 4.78. The van der Waals surface area contributed by atoms with Gasteiger partial charge >= 0.3 is 0 Å². The molecule has 2 rings (SSSR count). The smallest absolute Gasteiger partial charge is 0.237 e. The molecule has 2 N–H and O–H groups in total. The minimum Gasteiger partial charge on any atom is -0.353 e. The SMILES string of the molecule is CC1CCNC(C(=O)NCC(C)N2CCCC2)C1. The fourth-order valence-corrected chi connectivity index (χ4v) is 2.99. The van der Waals surface area contributed by atoms with E-state index in [0.717, 1.165) is 19.5 Å². The molecular weight excluding hydrogens is 226 g/mol. The predicted octanol–water partition coefficient (Wildman–Crippen LogP) is 0.975. The number of carbonyl (C=O) groups excluding carboxylic acids is 1. The Morgan fingerprint density at radius 3 is 2.83 bits per heavy atom. The zero-order valence-corrected chi connectivity index (χ0v) is 11.7. The lowest BCUT2D eigenvalue weighted by Gasteiger charge is -2.29. The van der Waals surface area contributed by atoms with Gasteiger partial charge in [-0.3, -0.25) is 9.69 Å². The van der Waals surface area contributed by atoms with Crippen molar-refractivity contribution in [3.8, 4) is 0 Å². The first-order valence-electron chi connectivity index (χ1n) is 7.42. The van der Waals surface area contributed by atoms with Crippen molar-refractivity contribution in [1.29, 1.82) is 0 Å². The van der Waals surface area contributed by atoms with E-state index in [1.54, 1.807) is 0 Å². The Hall–Kier alpha value is -0.610. The van der Waals surface area contributed by atoms with Crippen LogP contribution in [0, 0.1) is 5.92 Å². The van der Waals surface area contributed by atoms with Crippen LogP contribution in [0.5, 0.6) is 0 Å². The molecule has 0 spiro atoms. The maximum Gasteiger partial charge on any atom is 0.237 e. The quantitative estimate of drug-likeness (QED) is 0.785. The largest absolute Gasteiger partial charge is 0.353 e. The zero-order valence-electron chi connectivity index (χ0n) is 11.7. The number of nitrogens with one attached hydrogen (secondary N) is 2. The van der Waals surface area contributed by atoms with E-state index in [-0.39, 0.29) is 11.9 Å². The van der Waals surface area contributed by atoms with E-state index >= 15 is 0 Å². The number of nitrogens with zero attached hydrogens (tertiary/aromatic N) is 1. The summed E-state index contributed by atoms with van der Waals surface area (Å²) in [5.41, 5.74) is 0. The Balaban J connectivity index is 1.70.